The van der Waals surface area contributed by atoms with E-state index in [0.717, 1.165) is 6.08 Å². The molecule has 0 aromatic carbocycles. The third-order valence-electron chi connectivity index (χ3n) is 2.69. The summed E-state index contributed by atoms with van der Waals surface area (Å²) in [6.45, 7) is 0. The van der Waals surface area contributed by atoms with Crippen molar-refractivity contribution in [2.45, 2.75) is 19.0 Å². The first-order chi connectivity index (χ1) is 7.00. The molecule has 0 aliphatic heterocycles. The molecule has 1 saturated carbocycles. The van der Waals surface area contributed by atoms with Gasteiger partial charge in [0.1, 0.15) is 5.78 Å². The molecule has 0 amide bonds. The van der Waals surface area contributed by atoms with Gasteiger partial charge in [-0.2, -0.15) is 13.2 Å². The number of carbonyl (C=O) groups excluding carboxylic acids is 1. The van der Waals surface area contributed by atoms with Crippen molar-refractivity contribution in [2.75, 3.05) is 0 Å². The summed E-state index contributed by atoms with van der Waals surface area (Å²) in [7, 11) is 0. The van der Waals surface area contributed by atoms with E-state index in [2.05, 4.69) is 0 Å². The van der Waals surface area contributed by atoms with E-state index in [1.807, 2.05) is 0 Å². The summed E-state index contributed by atoms with van der Waals surface area (Å²) >= 11 is 0. The maximum atomic E-state index is 12.6. The van der Waals surface area contributed by atoms with E-state index in [0.29, 0.717) is 0 Å². The summed E-state index contributed by atoms with van der Waals surface area (Å²) in [6, 6.07) is 0. The van der Waals surface area contributed by atoms with E-state index in [9.17, 15) is 18.0 Å². The van der Waals surface area contributed by atoms with Crippen LogP contribution in [0, 0.1) is 5.92 Å². The van der Waals surface area contributed by atoms with Gasteiger partial charge in [-0.25, -0.2) is 0 Å². The molecular weight excluding hydrogens is 205 g/mol. The standard InChI is InChI=1S/C11H9F3O/c12-11(13,14)9-4-2-1-3-8-7(9)5-6-10(8)15/h1-4,8H,5-6H2. The molecule has 0 bridgehead atoms. The maximum Gasteiger partial charge on any atom is 0.416 e. The highest BCUT2D eigenvalue weighted by Crippen LogP contribution is 2.40. The largest absolute Gasteiger partial charge is 0.416 e. The van der Waals surface area contributed by atoms with Gasteiger partial charge in [0, 0.05) is 6.42 Å². The molecule has 1 fully saturated rings. The SMILES string of the molecule is O=C1CCC2=C(C(F)(F)F)C=CC=CC12. The summed E-state index contributed by atoms with van der Waals surface area (Å²) in [5, 5.41) is 0. The normalized spacial score (nSPS) is 25.8. The highest BCUT2D eigenvalue weighted by Gasteiger charge is 2.40. The average molecular weight is 214 g/mol. The minimum atomic E-state index is -4.36. The third-order valence-corrected chi connectivity index (χ3v) is 2.69. The lowest BCUT2D eigenvalue weighted by atomic mass is 9.97. The maximum absolute atomic E-state index is 12.6. The van der Waals surface area contributed by atoms with Crippen LogP contribution in [0.15, 0.2) is 35.5 Å². The van der Waals surface area contributed by atoms with Gasteiger partial charge in [0.15, 0.2) is 0 Å². The van der Waals surface area contributed by atoms with Crippen LogP contribution in [0.4, 0.5) is 13.2 Å². The predicted molar refractivity (Wildman–Crippen MR) is 49.1 cm³/mol. The van der Waals surface area contributed by atoms with Gasteiger partial charge in [0.05, 0.1) is 11.5 Å². The number of rotatable bonds is 0. The molecule has 0 saturated heterocycles. The number of hydrogen-bond acceptors (Lipinski definition) is 1. The van der Waals surface area contributed by atoms with E-state index in [4.69, 9.17) is 0 Å². The summed E-state index contributed by atoms with van der Waals surface area (Å²) in [5.41, 5.74) is -0.430. The van der Waals surface area contributed by atoms with Crippen LogP contribution < -0.4 is 0 Å². The van der Waals surface area contributed by atoms with Crippen molar-refractivity contribution in [3.63, 3.8) is 0 Å². The van der Waals surface area contributed by atoms with Gasteiger partial charge in [-0.05, 0) is 12.0 Å². The second kappa shape index (κ2) is 3.36. The van der Waals surface area contributed by atoms with Gasteiger partial charge in [-0.15, -0.1) is 0 Å². The summed E-state index contributed by atoms with van der Waals surface area (Å²) in [6.07, 6.45) is 1.52. The minimum absolute atomic E-state index is 0.119. The molecule has 2 aliphatic rings. The molecule has 1 unspecified atom stereocenters. The lowest BCUT2D eigenvalue weighted by Gasteiger charge is -2.13. The Kier molecular flexibility index (Phi) is 2.29. The molecule has 1 nitrogen and oxygen atoms in total. The molecule has 0 spiro atoms. The molecule has 0 aromatic heterocycles. The monoisotopic (exact) mass is 214 g/mol. The Morgan fingerprint density at radius 1 is 1.20 bits per heavy atom. The van der Waals surface area contributed by atoms with Crippen molar-refractivity contribution in [1.82, 2.24) is 0 Å². The van der Waals surface area contributed by atoms with Crippen LogP contribution in [0.2, 0.25) is 0 Å². The zero-order valence-corrected chi connectivity index (χ0v) is 7.84. The highest BCUT2D eigenvalue weighted by molar-refractivity contribution is 5.89. The van der Waals surface area contributed by atoms with Crippen molar-refractivity contribution in [3.8, 4) is 0 Å². The van der Waals surface area contributed by atoms with Crippen molar-refractivity contribution in [3.05, 3.63) is 35.5 Å². The van der Waals surface area contributed by atoms with Crippen LogP contribution in [0.1, 0.15) is 12.8 Å². The summed E-state index contributed by atoms with van der Waals surface area (Å²) in [5.74, 6) is -0.775. The summed E-state index contributed by atoms with van der Waals surface area (Å²) in [4.78, 5) is 11.4. The lowest BCUT2D eigenvalue weighted by Crippen LogP contribution is -2.15. The molecule has 4 heteroatoms. The fraction of sp³-hybridized carbons (Fsp3) is 0.364. The van der Waals surface area contributed by atoms with Gasteiger partial charge in [0.2, 0.25) is 0 Å². The Hall–Kier alpha value is -1.32. The van der Waals surface area contributed by atoms with E-state index in [1.165, 1.54) is 12.2 Å². The molecule has 80 valence electrons. The number of fused-ring (bicyclic) bond motifs is 1. The third kappa shape index (κ3) is 1.76. The number of carbonyl (C=O) groups is 1. The van der Waals surface area contributed by atoms with Crippen LogP contribution in [0.25, 0.3) is 0 Å². The molecule has 0 aromatic rings. The fourth-order valence-corrected chi connectivity index (χ4v) is 2.00. The van der Waals surface area contributed by atoms with E-state index in [-0.39, 0.29) is 24.2 Å². The van der Waals surface area contributed by atoms with Gasteiger partial charge >= 0.3 is 6.18 Å². The number of ketones is 1. The Morgan fingerprint density at radius 3 is 2.60 bits per heavy atom. The quantitative estimate of drug-likeness (QED) is 0.605. The van der Waals surface area contributed by atoms with E-state index in [1.54, 1.807) is 6.08 Å². The molecule has 2 rings (SSSR count). The number of halogens is 3. The van der Waals surface area contributed by atoms with Crippen molar-refractivity contribution >= 4 is 5.78 Å². The molecule has 1 atom stereocenters. The zero-order chi connectivity index (χ0) is 11.1. The number of alkyl halides is 3. The van der Waals surface area contributed by atoms with Crippen LogP contribution >= 0.6 is 0 Å². The minimum Gasteiger partial charge on any atom is -0.299 e. The van der Waals surface area contributed by atoms with Gasteiger partial charge in [-0.1, -0.05) is 24.3 Å². The Morgan fingerprint density at radius 2 is 1.93 bits per heavy atom. The molecule has 0 heterocycles. The van der Waals surface area contributed by atoms with Crippen LogP contribution in [-0.4, -0.2) is 12.0 Å². The van der Waals surface area contributed by atoms with Crippen molar-refractivity contribution in [2.24, 2.45) is 5.92 Å². The zero-order valence-electron chi connectivity index (χ0n) is 7.84. The summed E-state index contributed by atoms with van der Waals surface area (Å²) < 4.78 is 37.9. The van der Waals surface area contributed by atoms with Crippen LogP contribution in [-0.2, 0) is 4.79 Å². The van der Waals surface area contributed by atoms with Crippen molar-refractivity contribution in [1.29, 1.82) is 0 Å². The first kappa shape index (κ1) is 10.2. The first-order valence-electron chi connectivity index (χ1n) is 4.68. The second-order valence-electron chi connectivity index (χ2n) is 3.62. The number of Topliss-reactive ketones (excluding diaryl/α,β-unsaturated/α-hetero) is 1. The van der Waals surface area contributed by atoms with E-state index < -0.39 is 17.7 Å². The first-order valence-corrected chi connectivity index (χ1v) is 4.68. The lowest BCUT2D eigenvalue weighted by molar-refractivity contribution is -0.119. The predicted octanol–water partition coefficient (Wildman–Crippen LogP) is 2.95. The topological polar surface area (TPSA) is 17.1 Å². The van der Waals surface area contributed by atoms with Crippen LogP contribution in [0.3, 0.4) is 0 Å². The van der Waals surface area contributed by atoms with Crippen LogP contribution in [0.5, 0.6) is 0 Å². The molecule has 2 aliphatic carbocycles. The Bertz CT molecular complexity index is 385. The second-order valence-corrected chi connectivity index (χ2v) is 3.62. The van der Waals surface area contributed by atoms with E-state index >= 15 is 0 Å². The highest BCUT2D eigenvalue weighted by atomic mass is 19.4. The van der Waals surface area contributed by atoms with Gasteiger partial charge < -0.3 is 0 Å². The van der Waals surface area contributed by atoms with Gasteiger partial charge in [-0.3, -0.25) is 4.79 Å². The fourth-order valence-electron chi connectivity index (χ4n) is 2.00. The molecule has 0 radical (unpaired) electrons. The number of allylic oxidation sites excluding steroid dienone is 6. The van der Waals surface area contributed by atoms with Gasteiger partial charge in [0.25, 0.3) is 0 Å². The number of hydrogen-bond donors (Lipinski definition) is 0. The average Bonchev–Trinajstić information content (AvgIpc) is 2.36. The Labute approximate surface area is 85.0 Å². The molecule has 0 N–H and O–H groups in total. The smallest absolute Gasteiger partial charge is 0.299 e. The molecule has 15 heavy (non-hydrogen) atoms. The Balaban J connectivity index is 2.51. The molecular formula is C11H9F3O. The van der Waals surface area contributed by atoms with Crippen molar-refractivity contribution < 1.29 is 18.0 Å².